The molecule has 0 unspecified atom stereocenters. The number of nitrogens with zero attached hydrogens (tertiary/aromatic N) is 3. The molecule has 0 saturated carbocycles. The summed E-state index contributed by atoms with van der Waals surface area (Å²) in [5, 5.41) is 17.8. The first-order valence-electron chi connectivity index (χ1n) is 9.47. The summed E-state index contributed by atoms with van der Waals surface area (Å²) in [6.07, 6.45) is 3.82. The molecule has 1 aliphatic rings. The number of nitrogens with one attached hydrogen (secondary N) is 3. The molecule has 2 aromatic heterocycles. The summed E-state index contributed by atoms with van der Waals surface area (Å²) in [7, 11) is 3.54. The van der Waals surface area contributed by atoms with Gasteiger partial charge in [-0.15, -0.1) is 0 Å². The van der Waals surface area contributed by atoms with Crippen molar-refractivity contribution in [3.63, 3.8) is 0 Å². The van der Waals surface area contributed by atoms with E-state index in [4.69, 9.17) is 4.74 Å². The van der Waals surface area contributed by atoms with Crippen LogP contribution in [0.1, 0.15) is 12.0 Å². The van der Waals surface area contributed by atoms with Crippen LogP contribution in [0.3, 0.4) is 0 Å². The Morgan fingerprint density at radius 1 is 1.32 bits per heavy atom. The van der Waals surface area contributed by atoms with Gasteiger partial charge in [-0.05, 0) is 18.6 Å². The molecule has 0 aliphatic carbocycles. The highest BCUT2D eigenvalue weighted by atomic mass is 16.5. The molecule has 1 fully saturated rings. The molecule has 8 heteroatoms. The highest BCUT2D eigenvalue weighted by Crippen LogP contribution is 2.29. The van der Waals surface area contributed by atoms with E-state index < -0.39 is 0 Å². The Labute approximate surface area is 163 Å². The van der Waals surface area contributed by atoms with Gasteiger partial charge in [0.25, 0.3) is 0 Å². The Balaban J connectivity index is 1.45. The summed E-state index contributed by atoms with van der Waals surface area (Å²) in [6, 6.07) is 8.25. The number of aromatic nitrogens is 3. The third kappa shape index (κ3) is 3.61. The lowest BCUT2D eigenvalue weighted by Crippen LogP contribution is -2.38. The number of β-amino-alcohol motifs (C(OH)–C–C–N with tert-alkyl or cyclic N) is 1. The zero-order chi connectivity index (χ0) is 19.5. The van der Waals surface area contributed by atoms with Crippen LogP contribution in [0.2, 0.25) is 0 Å². The Morgan fingerprint density at radius 2 is 2.21 bits per heavy atom. The molecule has 4 N–H and O–H groups in total. The minimum atomic E-state index is -0.356. The smallest absolute Gasteiger partial charge is 0.134 e. The summed E-state index contributed by atoms with van der Waals surface area (Å²) in [6.45, 7) is 2.01. The molecule has 8 nitrogen and oxygen atoms in total. The van der Waals surface area contributed by atoms with E-state index in [1.54, 1.807) is 13.4 Å². The maximum Gasteiger partial charge on any atom is 0.134 e. The molecule has 3 aromatic rings. The minimum Gasteiger partial charge on any atom is -0.496 e. The number of aliphatic hydroxyl groups is 1. The Bertz CT molecular complexity index is 943. The highest BCUT2D eigenvalue weighted by Gasteiger charge is 2.31. The van der Waals surface area contributed by atoms with E-state index >= 15 is 0 Å². The SMILES string of the molecule is CNc1cc(N2C[C@H](O)C[C@@H]2CNCc2ccc3[nH]ccc3c2OC)ncn1. The first-order chi connectivity index (χ1) is 13.7. The molecule has 0 bridgehead atoms. The van der Waals surface area contributed by atoms with E-state index in [1.807, 2.05) is 25.4 Å². The van der Waals surface area contributed by atoms with Crippen molar-refractivity contribution in [2.24, 2.45) is 0 Å². The molecule has 1 aromatic carbocycles. The molecular weight excluding hydrogens is 356 g/mol. The predicted octanol–water partition coefficient (Wildman–Crippen LogP) is 1.74. The number of hydrogen-bond donors (Lipinski definition) is 4. The van der Waals surface area contributed by atoms with E-state index in [0.29, 0.717) is 19.5 Å². The van der Waals surface area contributed by atoms with Gasteiger partial charge in [0, 0.05) is 61.5 Å². The van der Waals surface area contributed by atoms with E-state index in [1.165, 1.54) is 0 Å². The van der Waals surface area contributed by atoms with Crippen molar-refractivity contribution >= 4 is 22.5 Å². The first kappa shape index (κ1) is 18.5. The van der Waals surface area contributed by atoms with Gasteiger partial charge in [0.2, 0.25) is 0 Å². The normalized spacial score (nSPS) is 19.3. The summed E-state index contributed by atoms with van der Waals surface area (Å²) in [4.78, 5) is 13.9. The van der Waals surface area contributed by atoms with Crippen LogP contribution in [0, 0.1) is 0 Å². The highest BCUT2D eigenvalue weighted by molar-refractivity contribution is 5.87. The number of rotatable bonds is 7. The molecule has 28 heavy (non-hydrogen) atoms. The molecule has 1 saturated heterocycles. The fourth-order valence-electron chi connectivity index (χ4n) is 3.91. The van der Waals surface area contributed by atoms with Gasteiger partial charge >= 0.3 is 0 Å². The van der Waals surface area contributed by atoms with Crippen molar-refractivity contribution in [3.05, 3.63) is 42.4 Å². The zero-order valence-corrected chi connectivity index (χ0v) is 16.1. The molecule has 0 spiro atoms. The number of anilines is 2. The van der Waals surface area contributed by atoms with Crippen LogP contribution >= 0.6 is 0 Å². The summed E-state index contributed by atoms with van der Waals surface area (Å²) < 4.78 is 5.64. The predicted molar refractivity (Wildman–Crippen MR) is 110 cm³/mol. The number of aliphatic hydroxyl groups excluding tert-OH is 1. The molecule has 3 heterocycles. The maximum atomic E-state index is 10.2. The number of fused-ring (bicyclic) bond motifs is 1. The van der Waals surface area contributed by atoms with Crippen LogP contribution < -0.4 is 20.3 Å². The number of benzene rings is 1. The van der Waals surface area contributed by atoms with Crippen molar-refractivity contribution < 1.29 is 9.84 Å². The fraction of sp³-hybridized carbons (Fsp3) is 0.400. The van der Waals surface area contributed by atoms with Crippen molar-refractivity contribution in [1.82, 2.24) is 20.3 Å². The third-order valence-corrected chi connectivity index (χ3v) is 5.26. The average molecular weight is 382 g/mol. The van der Waals surface area contributed by atoms with Gasteiger partial charge in [0.05, 0.1) is 13.2 Å². The summed E-state index contributed by atoms with van der Waals surface area (Å²) >= 11 is 0. The number of hydrogen-bond acceptors (Lipinski definition) is 7. The van der Waals surface area contributed by atoms with E-state index in [0.717, 1.165) is 40.4 Å². The third-order valence-electron chi connectivity index (χ3n) is 5.26. The fourth-order valence-corrected chi connectivity index (χ4v) is 3.91. The van der Waals surface area contributed by atoms with E-state index in [9.17, 15) is 5.11 Å². The van der Waals surface area contributed by atoms with Gasteiger partial charge in [-0.25, -0.2) is 9.97 Å². The second kappa shape index (κ2) is 8.04. The van der Waals surface area contributed by atoms with Gasteiger partial charge < -0.3 is 30.4 Å². The number of H-pyrrole nitrogens is 1. The van der Waals surface area contributed by atoms with Crippen LogP contribution in [-0.4, -0.2) is 59.5 Å². The van der Waals surface area contributed by atoms with Crippen molar-refractivity contribution in [3.8, 4) is 5.75 Å². The second-order valence-corrected chi connectivity index (χ2v) is 7.03. The standard InChI is InChI=1S/C20H26N6O2/c1-21-18-8-19(25-12-24-18)26-11-15(27)7-14(26)10-22-9-13-3-4-17-16(5-6-23-17)20(13)28-2/h3-6,8,12,14-15,22-23,27H,7,9-11H2,1-2H3,(H,21,24,25)/t14-,15-/m1/s1. The number of methoxy groups -OCH3 is 1. The van der Waals surface area contributed by atoms with Crippen molar-refractivity contribution in [1.29, 1.82) is 0 Å². The topological polar surface area (TPSA) is 98.3 Å². The number of ether oxygens (including phenoxy) is 1. The number of aromatic amines is 1. The van der Waals surface area contributed by atoms with Gasteiger partial charge in [-0.1, -0.05) is 6.07 Å². The first-order valence-corrected chi connectivity index (χ1v) is 9.47. The lowest BCUT2D eigenvalue weighted by Gasteiger charge is -2.26. The van der Waals surface area contributed by atoms with E-state index in [2.05, 4.69) is 42.6 Å². The van der Waals surface area contributed by atoms with Crippen LogP contribution in [0.15, 0.2) is 36.8 Å². The van der Waals surface area contributed by atoms with E-state index in [-0.39, 0.29) is 12.1 Å². The Hall–Kier alpha value is -2.84. The molecule has 0 radical (unpaired) electrons. The molecule has 4 rings (SSSR count). The van der Waals surface area contributed by atoms with Gasteiger partial charge in [-0.3, -0.25) is 0 Å². The summed E-state index contributed by atoms with van der Waals surface area (Å²) in [5.41, 5.74) is 2.17. The lowest BCUT2D eigenvalue weighted by molar-refractivity contribution is 0.194. The quantitative estimate of drug-likeness (QED) is 0.494. The molecule has 1 aliphatic heterocycles. The van der Waals surface area contributed by atoms with Gasteiger partial charge in [-0.2, -0.15) is 0 Å². The molecule has 0 amide bonds. The largest absolute Gasteiger partial charge is 0.496 e. The average Bonchev–Trinajstić information content (AvgIpc) is 3.34. The van der Waals surface area contributed by atoms with Crippen molar-refractivity contribution in [2.75, 3.05) is 37.5 Å². The second-order valence-electron chi connectivity index (χ2n) is 7.03. The van der Waals surface area contributed by atoms with Crippen LogP contribution in [0.25, 0.3) is 10.9 Å². The van der Waals surface area contributed by atoms with Crippen LogP contribution in [-0.2, 0) is 6.54 Å². The Morgan fingerprint density at radius 3 is 3.04 bits per heavy atom. The van der Waals surface area contributed by atoms with Crippen LogP contribution in [0.5, 0.6) is 5.75 Å². The minimum absolute atomic E-state index is 0.164. The van der Waals surface area contributed by atoms with Gasteiger partial charge in [0.15, 0.2) is 0 Å². The molecule has 148 valence electrons. The monoisotopic (exact) mass is 382 g/mol. The maximum absolute atomic E-state index is 10.2. The molecule has 2 atom stereocenters. The molecular formula is C20H26N6O2. The lowest BCUT2D eigenvalue weighted by atomic mass is 10.1. The Kier molecular flexibility index (Phi) is 5.31. The summed E-state index contributed by atoms with van der Waals surface area (Å²) in [5.74, 6) is 2.49. The van der Waals surface area contributed by atoms with Crippen LogP contribution in [0.4, 0.5) is 11.6 Å². The van der Waals surface area contributed by atoms with Gasteiger partial charge in [0.1, 0.15) is 23.7 Å². The zero-order valence-electron chi connectivity index (χ0n) is 16.1. The van der Waals surface area contributed by atoms with Crippen molar-refractivity contribution in [2.45, 2.75) is 25.1 Å².